The number of anilines is 2. The number of carbonyl (C=O) groups is 1. The maximum Gasteiger partial charge on any atom is 0.238 e. The Morgan fingerprint density at radius 3 is 2.90 bits per heavy atom. The lowest BCUT2D eigenvalue weighted by Gasteiger charge is -2.41. The molecule has 0 aromatic heterocycles. The molecule has 5 heteroatoms. The van der Waals surface area contributed by atoms with Crippen molar-refractivity contribution in [3.63, 3.8) is 0 Å². The average Bonchev–Trinajstić information content (AvgIpc) is 2.36. The lowest BCUT2D eigenvalue weighted by Crippen LogP contribution is -2.55. The molecule has 1 saturated heterocycles. The molecule has 0 aliphatic carbocycles. The van der Waals surface area contributed by atoms with Gasteiger partial charge >= 0.3 is 0 Å². The van der Waals surface area contributed by atoms with Crippen LogP contribution in [0, 0.1) is 6.92 Å². The number of nitrogens with zero attached hydrogens (tertiary/aromatic N) is 1. The molecule has 0 saturated carbocycles. The van der Waals surface area contributed by atoms with Crippen molar-refractivity contribution in [1.29, 1.82) is 0 Å². The minimum atomic E-state index is -0.118. The van der Waals surface area contributed by atoms with Crippen molar-refractivity contribution in [1.82, 2.24) is 4.90 Å². The molecule has 1 aliphatic rings. The smallest absolute Gasteiger partial charge is 0.238 e. The number of rotatable bonds is 3. The van der Waals surface area contributed by atoms with Crippen molar-refractivity contribution in [3.8, 4) is 0 Å². The lowest BCUT2D eigenvalue weighted by atomic mass is 10.0. The van der Waals surface area contributed by atoms with E-state index in [9.17, 15) is 4.79 Å². The second-order valence-corrected chi connectivity index (χ2v) is 5.87. The zero-order valence-electron chi connectivity index (χ0n) is 12.4. The topological polar surface area (TPSA) is 67.6 Å². The number of hydrogen-bond acceptors (Lipinski definition) is 4. The third kappa shape index (κ3) is 3.29. The molecule has 110 valence electrons. The first-order valence-electron chi connectivity index (χ1n) is 6.88. The molecule has 20 heavy (non-hydrogen) atoms. The van der Waals surface area contributed by atoms with E-state index >= 15 is 0 Å². The largest absolute Gasteiger partial charge is 0.397 e. The van der Waals surface area contributed by atoms with Gasteiger partial charge in [-0.15, -0.1) is 0 Å². The molecule has 1 heterocycles. The fourth-order valence-corrected chi connectivity index (χ4v) is 2.40. The number of nitrogens with one attached hydrogen (secondary N) is 1. The maximum absolute atomic E-state index is 12.2. The molecule has 1 amide bonds. The van der Waals surface area contributed by atoms with Gasteiger partial charge in [-0.25, -0.2) is 0 Å². The molecule has 1 aromatic carbocycles. The van der Waals surface area contributed by atoms with Gasteiger partial charge in [-0.1, -0.05) is 12.1 Å². The fourth-order valence-electron chi connectivity index (χ4n) is 2.40. The number of amides is 1. The number of para-hydroxylation sites is 1. The van der Waals surface area contributed by atoms with Gasteiger partial charge in [0, 0.05) is 12.1 Å². The Hall–Kier alpha value is -1.59. The molecule has 1 aliphatic heterocycles. The van der Waals surface area contributed by atoms with E-state index < -0.39 is 0 Å². The summed E-state index contributed by atoms with van der Waals surface area (Å²) in [5, 5.41) is 2.92. The van der Waals surface area contributed by atoms with E-state index in [0.29, 0.717) is 31.1 Å². The summed E-state index contributed by atoms with van der Waals surface area (Å²) in [5.74, 6) is -0.0408. The van der Waals surface area contributed by atoms with E-state index in [0.717, 1.165) is 12.1 Å². The Bertz CT molecular complexity index is 480. The summed E-state index contributed by atoms with van der Waals surface area (Å²) in [7, 11) is 0. The highest BCUT2D eigenvalue weighted by Crippen LogP contribution is 2.23. The minimum Gasteiger partial charge on any atom is -0.397 e. The third-order valence-electron chi connectivity index (χ3n) is 3.72. The van der Waals surface area contributed by atoms with Crippen molar-refractivity contribution in [2.75, 3.05) is 37.4 Å². The fraction of sp³-hybridized carbons (Fsp3) is 0.533. The minimum absolute atomic E-state index is 0.0408. The van der Waals surface area contributed by atoms with Gasteiger partial charge in [0.25, 0.3) is 0 Å². The number of hydrogen-bond donors (Lipinski definition) is 2. The summed E-state index contributed by atoms with van der Waals surface area (Å²) in [4.78, 5) is 14.4. The van der Waals surface area contributed by atoms with Crippen LogP contribution in [0.15, 0.2) is 18.2 Å². The molecule has 0 radical (unpaired) electrons. The first-order valence-corrected chi connectivity index (χ1v) is 6.88. The Labute approximate surface area is 120 Å². The highest BCUT2D eigenvalue weighted by atomic mass is 16.5. The van der Waals surface area contributed by atoms with Crippen LogP contribution in [-0.4, -0.2) is 42.6 Å². The van der Waals surface area contributed by atoms with Gasteiger partial charge in [-0.2, -0.15) is 0 Å². The van der Waals surface area contributed by atoms with Crippen LogP contribution in [0.1, 0.15) is 19.4 Å². The van der Waals surface area contributed by atoms with Crippen LogP contribution in [0.5, 0.6) is 0 Å². The predicted molar refractivity (Wildman–Crippen MR) is 80.7 cm³/mol. The van der Waals surface area contributed by atoms with Crippen LogP contribution in [0.3, 0.4) is 0 Å². The molecule has 2 rings (SSSR count). The summed E-state index contributed by atoms with van der Waals surface area (Å²) in [6.45, 7) is 8.54. The van der Waals surface area contributed by atoms with Crippen molar-refractivity contribution < 1.29 is 9.53 Å². The normalized spacial score (nSPS) is 18.8. The second kappa shape index (κ2) is 5.81. The zero-order chi connectivity index (χ0) is 14.8. The molecule has 0 atom stereocenters. The molecule has 3 N–H and O–H groups in total. The van der Waals surface area contributed by atoms with Crippen LogP contribution in [0.2, 0.25) is 0 Å². The quantitative estimate of drug-likeness (QED) is 0.824. The molecule has 0 bridgehead atoms. The monoisotopic (exact) mass is 277 g/mol. The highest BCUT2D eigenvalue weighted by molar-refractivity contribution is 5.96. The van der Waals surface area contributed by atoms with Crippen molar-refractivity contribution in [3.05, 3.63) is 23.8 Å². The molecule has 0 spiro atoms. The van der Waals surface area contributed by atoms with Crippen LogP contribution in [-0.2, 0) is 9.53 Å². The number of benzene rings is 1. The first kappa shape index (κ1) is 14.8. The summed E-state index contributed by atoms with van der Waals surface area (Å²) >= 11 is 0. The Balaban J connectivity index is 2.02. The van der Waals surface area contributed by atoms with Gasteiger partial charge in [0.2, 0.25) is 5.91 Å². The van der Waals surface area contributed by atoms with E-state index in [1.165, 1.54) is 0 Å². The average molecular weight is 277 g/mol. The molecule has 5 nitrogen and oxygen atoms in total. The van der Waals surface area contributed by atoms with Crippen LogP contribution < -0.4 is 11.1 Å². The summed E-state index contributed by atoms with van der Waals surface area (Å²) in [6, 6.07) is 5.61. The van der Waals surface area contributed by atoms with E-state index in [2.05, 4.69) is 24.1 Å². The second-order valence-electron chi connectivity index (χ2n) is 5.87. The standard InChI is InChI=1S/C15H23N3O2/c1-11-5-4-6-12(16)14(11)17-13(19)9-18-7-8-20-10-15(18,2)3/h4-6H,7-10,16H2,1-3H3,(H,17,19). The van der Waals surface area contributed by atoms with E-state index in [1.807, 2.05) is 19.1 Å². The summed E-state index contributed by atoms with van der Waals surface area (Å²) in [6.07, 6.45) is 0. The van der Waals surface area contributed by atoms with Crippen LogP contribution in [0.4, 0.5) is 11.4 Å². The number of morpholine rings is 1. The zero-order valence-corrected chi connectivity index (χ0v) is 12.4. The Kier molecular flexibility index (Phi) is 4.30. The Morgan fingerprint density at radius 2 is 2.25 bits per heavy atom. The maximum atomic E-state index is 12.2. The van der Waals surface area contributed by atoms with Crippen LogP contribution in [0.25, 0.3) is 0 Å². The highest BCUT2D eigenvalue weighted by Gasteiger charge is 2.31. The Morgan fingerprint density at radius 1 is 1.50 bits per heavy atom. The van der Waals surface area contributed by atoms with Crippen LogP contribution >= 0.6 is 0 Å². The molecule has 1 aromatic rings. The number of aryl methyl sites for hydroxylation is 1. The third-order valence-corrected chi connectivity index (χ3v) is 3.72. The van der Waals surface area contributed by atoms with Crippen molar-refractivity contribution in [2.24, 2.45) is 0 Å². The van der Waals surface area contributed by atoms with E-state index in [-0.39, 0.29) is 11.4 Å². The number of nitrogens with two attached hydrogens (primary N) is 1. The van der Waals surface area contributed by atoms with Gasteiger partial charge in [0.15, 0.2) is 0 Å². The number of ether oxygens (including phenoxy) is 1. The summed E-state index contributed by atoms with van der Waals surface area (Å²) < 4.78 is 5.46. The van der Waals surface area contributed by atoms with Gasteiger partial charge in [-0.05, 0) is 32.4 Å². The predicted octanol–water partition coefficient (Wildman–Crippen LogP) is 1.63. The SMILES string of the molecule is Cc1cccc(N)c1NC(=O)CN1CCOCC1(C)C. The lowest BCUT2D eigenvalue weighted by molar-refractivity contribution is -0.122. The molecular weight excluding hydrogens is 254 g/mol. The van der Waals surface area contributed by atoms with Gasteiger partial charge in [0.1, 0.15) is 0 Å². The van der Waals surface area contributed by atoms with Gasteiger partial charge < -0.3 is 15.8 Å². The molecular formula is C15H23N3O2. The van der Waals surface area contributed by atoms with E-state index in [4.69, 9.17) is 10.5 Å². The first-order chi connectivity index (χ1) is 9.40. The summed E-state index contributed by atoms with van der Waals surface area (Å²) in [5.41, 5.74) is 8.07. The van der Waals surface area contributed by atoms with Gasteiger partial charge in [-0.3, -0.25) is 9.69 Å². The number of nitrogen functional groups attached to an aromatic ring is 1. The van der Waals surface area contributed by atoms with E-state index in [1.54, 1.807) is 6.07 Å². The van der Waals surface area contributed by atoms with Crippen molar-refractivity contribution in [2.45, 2.75) is 26.3 Å². The molecule has 0 unspecified atom stereocenters. The van der Waals surface area contributed by atoms with Gasteiger partial charge in [0.05, 0.1) is 31.1 Å². The van der Waals surface area contributed by atoms with Crippen molar-refractivity contribution >= 4 is 17.3 Å². The number of carbonyl (C=O) groups excluding carboxylic acids is 1. The molecule has 1 fully saturated rings.